The lowest BCUT2D eigenvalue weighted by molar-refractivity contribution is 0.581. The number of hydrogen-bond acceptors (Lipinski definition) is 6. The van der Waals surface area contributed by atoms with Crippen molar-refractivity contribution < 1.29 is 8.42 Å². The molecule has 1 unspecified atom stereocenters. The maximum absolute atomic E-state index is 12.3. The van der Waals surface area contributed by atoms with Gasteiger partial charge < -0.3 is 5.73 Å². The van der Waals surface area contributed by atoms with E-state index in [4.69, 9.17) is 5.73 Å². The molecule has 0 aromatic carbocycles. The number of aryl methyl sites for hydroxylation is 1. The fourth-order valence-electron chi connectivity index (χ4n) is 1.88. The van der Waals surface area contributed by atoms with E-state index in [1.807, 2.05) is 23.5 Å². The summed E-state index contributed by atoms with van der Waals surface area (Å²) in [5.41, 5.74) is 6.23. The van der Waals surface area contributed by atoms with Gasteiger partial charge in [-0.3, -0.25) is 4.68 Å². The maximum Gasteiger partial charge on any atom is 0.246 e. The first-order valence-corrected chi connectivity index (χ1v) is 9.58. The third-order valence-corrected chi connectivity index (χ3v) is 7.39. The van der Waals surface area contributed by atoms with E-state index < -0.39 is 10.0 Å². The Kier molecular flexibility index (Phi) is 4.70. The van der Waals surface area contributed by atoms with Crippen LogP contribution >= 0.6 is 23.5 Å². The van der Waals surface area contributed by atoms with E-state index in [9.17, 15) is 8.42 Å². The van der Waals surface area contributed by atoms with Crippen LogP contribution in [-0.4, -0.2) is 47.3 Å². The largest absolute Gasteiger partial charge is 0.381 e. The van der Waals surface area contributed by atoms with Crippen molar-refractivity contribution in [2.75, 3.05) is 29.5 Å². The zero-order chi connectivity index (χ0) is 14.0. The van der Waals surface area contributed by atoms with Gasteiger partial charge in [0.1, 0.15) is 4.90 Å². The van der Waals surface area contributed by atoms with E-state index in [2.05, 4.69) is 9.82 Å². The van der Waals surface area contributed by atoms with Crippen molar-refractivity contribution in [3.05, 3.63) is 5.69 Å². The summed E-state index contributed by atoms with van der Waals surface area (Å²) in [5.74, 6) is 3.25. The molecule has 1 fully saturated rings. The summed E-state index contributed by atoms with van der Waals surface area (Å²) in [5, 5.41) is 4.26. The number of sulfonamides is 1. The van der Waals surface area contributed by atoms with E-state index >= 15 is 0 Å². The van der Waals surface area contributed by atoms with Crippen LogP contribution in [0.15, 0.2) is 4.90 Å². The van der Waals surface area contributed by atoms with E-state index in [0.717, 1.165) is 17.3 Å². The molecule has 0 saturated carbocycles. The molecule has 1 atom stereocenters. The van der Waals surface area contributed by atoms with Crippen LogP contribution in [0.1, 0.15) is 5.69 Å². The van der Waals surface area contributed by atoms with Crippen LogP contribution in [0.4, 0.5) is 5.82 Å². The zero-order valence-corrected chi connectivity index (χ0v) is 13.4. The van der Waals surface area contributed by atoms with Crippen LogP contribution in [-0.2, 0) is 17.1 Å². The topological polar surface area (TPSA) is 90.0 Å². The maximum atomic E-state index is 12.3. The molecule has 0 bridgehead atoms. The molecule has 108 valence electrons. The van der Waals surface area contributed by atoms with Gasteiger partial charge in [0.15, 0.2) is 5.82 Å². The van der Waals surface area contributed by atoms with Gasteiger partial charge in [0.05, 0.1) is 5.69 Å². The highest BCUT2D eigenvalue weighted by Gasteiger charge is 2.26. The SMILES string of the molecule is Cc1c(S(=O)(=O)NCC2CSCCS2)c(N)nn1C. The molecule has 9 heteroatoms. The fraction of sp³-hybridized carbons (Fsp3) is 0.700. The highest BCUT2D eigenvalue weighted by atomic mass is 32.2. The predicted octanol–water partition coefficient (Wildman–Crippen LogP) is 0.438. The van der Waals surface area contributed by atoms with Crippen LogP contribution in [0.25, 0.3) is 0 Å². The second-order valence-electron chi connectivity index (χ2n) is 4.34. The lowest BCUT2D eigenvalue weighted by Gasteiger charge is -2.21. The van der Waals surface area contributed by atoms with Gasteiger partial charge in [-0.1, -0.05) is 0 Å². The predicted molar refractivity (Wildman–Crippen MR) is 81.1 cm³/mol. The molecular formula is C10H18N4O2S3. The molecule has 0 spiro atoms. The summed E-state index contributed by atoms with van der Waals surface area (Å²) in [6.07, 6.45) is 0. The summed E-state index contributed by atoms with van der Waals surface area (Å²) in [7, 11) is -1.90. The molecule has 0 radical (unpaired) electrons. The van der Waals surface area contributed by atoms with Crippen molar-refractivity contribution >= 4 is 39.4 Å². The number of nitrogen functional groups attached to an aromatic ring is 1. The van der Waals surface area contributed by atoms with Crippen LogP contribution in [0.3, 0.4) is 0 Å². The molecule has 3 N–H and O–H groups in total. The van der Waals surface area contributed by atoms with Crippen molar-refractivity contribution in [3.63, 3.8) is 0 Å². The number of nitrogens with zero attached hydrogens (tertiary/aromatic N) is 2. The first-order chi connectivity index (χ1) is 8.92. The Bertz CT molecular complexity index is 549. The van der Waals surface area contributed by atoms with E-state index in [1.165, 1.54) is 4.68 Å². The summed E-state index contributed by atoms with van der Waals surface area (Å²) >= 11 is 3.68. The molecule has 1 saturated heterocycles. The monoisotopic (exact) mass is 322 g/mol. The number of nitrogens with one attached hydrogen (secondary N) is 1. The van der Waals surface area contributed by atoms with Gasteiger partial charge in [-0.15, -0.1) is 0 Å². The van der Waals surface area contributed by atoms with Crippen molar-refractivity contribution in [1.29, 1.82) is 0 Å². The van der Waals surface area contributed by atoms with Crippen LogP contribution < -0.4 is 10.5 Å². The molecule has 1 aliphatic heterocycles. The smallest absolute Gasteiger partial charge is 0.246 e. The number of thioether (sulfide) groups is 2. The Morgan fingerprint density at radius 3 is 2.79 bits per heavy atom. The number of anilines is 1. The van der Waals surface area contributed by atoms with Gasteiger partial charge in [-0.05, 0) is 6.92 Å². The zero-order valence-electron chi connectivity index (χ0n) is 10.9. The van der Waals surface area contributed by atoms with Crippen molar-refractivity contribution in [3.8, 4) is 0 Å². The molecule has 1 aromatic rings. The lowest BCUT2D eigenvalue weighted by Crippen LogP contribution is -2.34. The average molecular weight is 322 g/mol. The van der Waals surface area contributed by atoms with Gasteiger partial charge in [0.2, 0.25) is 10.0 Å². The van der Waals surface area contributed by atoms with Gasteiger partial charge >= 0.3 is 0 Å². The molecule has 19 heavy (non-hydrogen) atoms. The Labute approximate surface area is 121 Å². The summed E-state index contributed by atoms with van der Waals surface area (Å²) in [6.45, 7) is 2.14. The van der Waals surface area contributed by atoms with Crippen molar-refractivity contribution in [2.45, 2.75) is 17.1 Å². The highest BCUT2D eigenvalue weighted by molar-refractivity contribution is 8.06. The molecule has 1 aliphatic rings. The average Bonchev–Trinajstić information content (AvgIpc) is 2.63. The van der Waals surface area contributed by atoms with Crippen LogP contribution in [0.2, 0.25) is 0 Å². The fourth-order valence-corrected chi connectivity index (χ4v) is 6.00. The Morgan fingerprint density at radius 1 is 1.53 bits per heavy atom. The van der Waals surface area contributed by atoms with Crippen molar-refractivity contribution in [1.82, 2.24) is 14.5 Å². The highest BCUT2D eigenvalue weighted by Crippen LogP contribution is 2.25. The third kappa shape index (κ3) is 3.39. The second kappa shape index (κ2) is 5.94. The Morgan fingerprint density at radius 2 is 2.26 bits per heavy atom. The molecule has 2 rings (SSSR count). The molecule has 0 aliphatic carbocycles. The molecule has 2 heterocycles. The number of aromatic nitrogens is 2. The van der Waals surface area contributed by atoms with E-state index in [1.54, 1.807) is 14.0 Å². The normalized spacial score (nSPS) is 20.6. The van der Waals surface area contributed by atoms with E-state index in [-0.39, 0.29) is 10.7 Å². The first-order valence-electron chi connectivity index (χ1n) is 5.90. The minimum absolute atomic E-state index is 0.0539. The molecule has 6 nitrogen and oxygen atoms in total. The number of nitrogens with two attached hydrogens (primary N) is 1. The quantitative estimate of drug-likeness (QED) is 0.836. The standard InChI is InChI=1S/C10H18N4O2S3/c1-7-9(10(11)13-14(7)2)19(15,16)12-5-8-6-17-3-4-18-8/h8,12H,3-6H2,1-2H3,(H2,11,13). The minimum Gasteiger partial charge on any atom is -0.381 e. The lowest BCUT2D eigenvalue weighted by atomic mass is 10.5. The van der Waals surface area contributed by atoms with Gasteiger partial charge in [-0.25, -0.2) is 13.1 Å². The van der Waals surface area contributed by atoms with Gasteiger partial charge in [0, 0.05) is 36.1 Å². The third-order valence-electron chi connectivity index (χ3n) is 2.96. The second-order valence-corrected chi connectivity index (χ2v) is 8.60. The summed E-state index contributed by atoms with van der Waals surface area (Å²) < 4.78 is 28.7. The Balaban J connectivity index is 2.09. The number of rotatable bonds is 4. The Hall–Kier alpha value is -0.380. The molecule has 1 aromatic heterocycles. The molecular weight excluding hydrogens is 304 g/mol. The first kappa shape index (κ1) is 15.0. The van der Waals surface area contributed by atoms with Gasteiger partial charge in [0.25, 0.3) is 0 Å². The van der Waals surface area contributed by atoms with Crippen molar-refractivity contribution in [2.24, 2.45) is 7.05 Å². The summed E-state index contributed by atoms with van der Waals surface area (Å²) in [4.78, 5) is 0.100. The number of hydrogen-bond donors (Lipinski definition) is 2. The van der Waals surface area contributed by atoms with E-state index in [0.29, 0.717) is 17.5 Å². The van der Waals surface area contributed by atoms with Crippen LogP contribution in [0.5, 0.6) is 0 Å². The molecule has 0 amide bonds. The minimum atomic E-state index is -3.58. The van der Waals surface area contributed by atoms with Crippen LogP contribution in [0, 0.1) is 6.92 Å². The summed E-state index contributed by atoms with van der Waals surface area (Å²) in [6, 6.07) is 0. The van der Waals surface area contributed by atoms with Gasteiger partial charge in [-0.2, -0.15) is 28.6 Å².